The third kappa shape index (κ3) is 3.80. The summed E-state index contributed by atoms with van der Waals surface area (Å²) in [5, 5.41) is 17.3. The number of piperidine rings is 1. The summed E-state index contributed by atoms with van der Waals surface area (Å²) < 4.78 is 8.33. The first kappa shape index (κ1) is 20.8. The van der Waals surface area contributed by atoms with Gasteiger partial charge in [-0.3, -0.25) is 14.8 Å². The summed E-state index contributed by atoms with van der Waals surface area (Å²) in [5.41, 5.74) is 2.57. The summed E-state index contributed by atoms with van der Waals surface area (Å²) in [4.78, 5) is 13.6. The molecule has 0 N–H and O–H groups in total. The van der Waals surface area contributed by atoms with Gasteiger partial charge in [-0.05, 0) is 44.0 Å². The molecule has 0 aliphatic carbocycles. The lowest BCUT2D eigenvalue weighted by molar-refractivity contribution is -0.384. The minimum Gasteiger partial charge on any atom is -0.414 e. The van der Waals surface area contributed by atoms with Crippen LogP contribution in [0.15, 0.2) is 12.1 Å². The number of aromatic nitrogens is 2. The van der Waals surface area contributed by atoms with Crippen LogP contribution >= 0.6 is 0 Å². The molecule has 1 fully saturated rings. The summed E-state index contributed by atoms with van der Waals surface area (Å²) in [7, 11) is 0.0639. The van der Waals surface area contributed by atoms with Crippen LogP contribution in [0.3, 0.4) is 0 Å². The molecule has 0 radical (unpaired) electrons. The van der Waals surface area contributed by atoms with E-state index >= 15 is 0 Å². The quantitative estimate of drug-likeness (QED) is 0.416. The number of benzene rings is 1. The van der Waals surface area contributed by atoms with Gasteiger partial charge in [-0.1, -0.05) is 20.8 Å². The molecule has 28 heavy (non-hydrogen) atoms. The zero-order chi connectivity index (χ0) is 20.9. The van der Waals surface area contributed by atoms with Gasteiger partial charge in [0.2, 0.25) is 0 Å². The number of rotatable bonds is 4. The third-order valence-electron chi connectivity index (χ3n) is 6.47. The van der Waals surface area contributed by atoms with Crippen LogP contribution < -0.4 is 4.90 Å². The number of fused-ring (bicyclic) bond motifs is 1. The van der Waals surface area contributed by atoms with Crippen LogP contribution in [0.1, 0.15) is 39.3 Å². The molecule has 0 saturated carbocycles. The highest BCUT2D eigenvalue weighted by Crippen LogP contribution is 2.40. The average molecular weight is 405 g/mol. The number of anilines is 1. The van der Waals surface area contributed by atoms with Gasteiger partial charge in [0.1, 0.15) is 5.69 Å². The number of hydrogen-bond donors (Lipinski definition) is 0. The smallest absolute Gasteiger partial charge is 0.293 e. The fourth-order valence-electron chi connectivity index (χ4n) is 3.56. The molecule has 1 aliphatic heterocycles. The van der Waals surface area contributed by atoms with Gasteiger partial charge in [0.05, 0.1) is 10.4 Å². The second-order valence-electron chi connectivity index (χ2n) is 9.39. The van der Waals surface area contributed by atoms with Crippen molar-refractivity contribution in [2.45, 2.75) is 64.8 Å². The van der Waals surface area contributed by atoms with E-state index in [2.05, 4.69) is 43.9 Å². The van der Waals surface area contributed by atoms with Crippen molar-refractivity contribution >= 4 is 30.6 Å². The minimum absolute atomic E-state index is 0.160. The minimum atomic E-state index is -1.80. The first-order chi connectivity index (χ1) is 12.9. The molecule has 0 atom stereocenters. The van der Waals surface area contributed by atoms with Crippen molar-refractivity contribution in [3.05, 3.63) is 27.9 Å². The van der Waals surface area contributed by atoms with Crippen molar-refractivity contribution < 1.29 is 9.35 Å². The first-order valence-corrected chi connectivity index (χ1v) is 12.9. The Morgan fingerprint density at radius 1 is 1.25 bits per heavy atom. The second-order valence-corrected chi connectivity index (χ2v) is 14.1. The zero-order valence-electron chi connectivity index (χ0n) is 18.1. The van der Waals surface area contributed by atoms with Crippen LogP contribution in [-0.4, -0.2) is 42.2 Å². The predicted octanol–water partition coefficient (Wildman–Crippen LogP) is 4.78. The number of aryl methyl sites for hydroxylation is 2. The summed E-state index contributed by atoms with van der Waals surface area (Å²) in [5.74, 6) is 0. The standard InChI is InChI=1S/C20H32N4O3Si/c1-14-16-12-19(24(25)26)18(13-17(16)21-22(14)5)23-10-8-15(9-11-23)27-28(6,7)20(2,3)4/h12-13,15H,8-11H2,1-7H3. The Morgan fingerprint density at radius 3 is 2.39 bits per heavy atom. The summed E-state index contributed by atoms with van der Waals surface area (Å²) in [6.45, 7) is 14.8. The summed E-state index contributed by atoms with van der Waals surface area (Å²) in [6, 6.07) is 3.54. The van der Waals surface area contributed by atoms with E-state index < -0.39 is 8.32 Å². The summed E-state index contributed by atoms with van der Waals surface area (Å²) >= 11 is 0. The lowest BCUT2D eigenvalue weighted by Crippen LogP contribution is -2.47. The first-order valence-electron chi connectivity index (χ1n) is 9.95. The van der Waals surface area contributed by atoms with Crippen molar-refractivity contribution in [1.29, 1.82) is 0 Å². The highest BCUT2D eigenvalue weighted by Gasteiger charge is 2.40. The highest BCUT2D eigenvalue weighted by molar-refractivity contribution is 6.74. The molecule has 1 aromatic carbocycles. The van der Waals surface area contributed by atoms with Gasteiger partial charge in [0.25, 0.3) is 5.69 Å². The molecule has 7 nitrogen and oxygen atoms in total. The van der Waals surface area contributed by atoms with Crippen LogP contribution in [0.2, 0.25) is 18.1 Å². The molecule has 8 heteroatoms. The van der Waals surface area contributed by atoms with Gasteiger partial charge in [-0.15, -0.1) is 0 Å². The van der Waals surface area contributed by atoms with Crippen molar-refractivity contribution in [3.63, 3.8) is 0 Å². The van der Waals surface area contributed by atoms with Crippen molar-refractivity contribution in [3.8, 4) is 0 Å². The van der Waals surface area contributed by atoms with E-state index in [1.165, 1.54) is 0 Å². The topological polar surface area (TPSA) is 73.4 Å². The van der Waals surface area contributed by atoms with Crippen LogP contribution in [0.25, 0.3) is 10.9 Å². The van der Waals surface area contributed by atoms with Gasteiger partial charge in [-0.25, -0.2) is 0 Å². The molecule has 0 amide bonds. The van der Waals surface area contributed by atoms with Crippen LogP contribution in [-0.2, 0) is 11.5 Å². The van der Waals surface area contributed by atoms with E-state index in [4.69, 9.17) is 4.43 Å². The molecule has 154 valence electrons. The van der Waals surface area contributed by atoms with Crippen molar-refractivity contribution in [1.82, 2.24) is 9.78 Å². The molecule has 2 aromatic rings. The summed E-state index contributed by atoms with van der Waals surface area (Å²) in [6.07, 6.45) is 2.02. The van der Waals surface area contributed by atoms with Gasteiger partial charge in [0, 0.05) is 43.4 Å². The molecule has 0 spiro atoms. The molecule has 0 unspecified atom stereocenters. The Kier molecular flexibility index (Phi) is 5.31. The maximum absolute atomic E-state index is 11.7. The molecule has 0 bridgehead atoms. The monoisotopic (exact) mass is 404 g/mol. The molecule has 1 aliphatic rings. The maximum Gasteiger partial charge on any atom is 0.293 e. The molecular weight excluding hydrogens is 372 g/mol. The van der Waals surface area contributed by atoms with Crippen LogP contribution in [0, 0.1) is 17.0 Å². The molecule has 2 heterocycles. The normalized spacial score (nSPS) is 16.8. The van der Waals surface area contributed by atoms with E-state index in [9.17, 15) is 10.1 Å². The fraction of sp³-hybridized carbons (Fsp3) is 0.650. The number of nitro benzene ring substituents is 1. The van der Waals surface area contributed by atoms with Gasteiger partial charge < -0.3 is 9.33 Å². The van der Waals surface area contributed by atoms with E-state index in [-0.39, 0.29) is 21.8 Å². The molecule has 1 aromatic heterocycles. The van der Waals surface area contributed by atoms with Crippen molar-refractivity contribution in [2.75, 3.05) is 18.0 Å². The number of nitro groups is 1. The number of nitrogens with zero attached hydrogens (tertiary/aromatic N) is 4. The Bertz CT molecular complexity index is 893. The highest BCUT2D eigenvalue weighted by atomic mass is 28.4. The fourth-order valence-corrected chi connectivity index (χ4v) is 4.98. The average Bonchev–Trinajstić information content (AvgIpc) is 2.87. The lowest BCUT2D eigenvalue weighted by atomic mass is 10.1. The maximum atomic E-state index is 11.7. The van der Waals surface area contributed by atoms with Gasteiger partial charge in [0.15, 0.2) is 8.32 Å². The van der Waals surface area contributed by atoms with E-state index in [0.29, 0.717) is 5.69 Å². The van der Waals surface area contributed by atoms with E-state index in [1.807, 2.05) is 20.0 Å². The molecule has 3 rings (SSSR count). The Hall–Kier alpha value is -1.93. The number of hydrogen-bond acceptors (Lipinski definition) is 5. The Labute approximate surface area is 167 Å². The zero-order valence-corrected chi connectivity index (χ0v) is 19.1. The third-order valence-corrected chi connectivity index (χ3v) is 11.0. The Morgan fingerprint density at radius 2 is 1.86 bits per heavy atom. The van der Waals surface area contributed by atoms with Gasteiger partial charge in [-0.2, -0.15) is 5.10 Å². The second kappa shape index (κ2) is 7.15. The van der Waals surface area contributed by atoms with Crippen LogP contribution in [0.4, 0.5) is 11.4 Å². The van der Waals surface area contributed by atoms with Crippen molar-refractivity contribution in [2.24, 2.45) is 7.05 Å². The SMILES string of the molecule is Cc1c2cc([N+](=O)[O-])c(N3CCC(O[Si](C)(C)C(C)(C)C)CC3)cc2nn1C. The largest absolute Gasteiger partial charge is 0.414 e. The van der Waals surface area contributed by atoms with E-state index in [1.54, 1.807) is 10.7 Å². The van der Waals surface area contributed by atoms with Crippen LogP contribution in [0.5, 0.6) is 0 Å². The predicted molar refractivity (Wildman–Crippen MR) is 116 cm³/mol. The lowest BCUT2D eigenvalue weighted by Gasteiger charge is -2.42. The molecular formula is C20H32N4O3Si. The Balaban J connectivity index is 1.81. The van der Waals surface area contributed by atoms with Gasteiger partial charge >= 0.3 is 0 Å². The molecule has 1 saturated heterocycles. The van der Waals surface area contributed by atoms with E-state index in [0.717, 1.165) is 42.5 Å².